The van der Waals surface area contributed by atoms with Gasteiger partial charge < -0.3 is 15.5 Å². The number of nitrogens with zero attached hydrogens (tertiary/aromatic N) is 3. The first-order valence-corrected chi connectivity index (χ1v) is 9.89. The van der Waals surface area contributed by atoms with Crippen molar-refractivity contribution in [3.05, 3.63) is 52.0 Å². The monoisotopic (exact) mass is 499 g/mol. The Morgan fingerprint density at radius 1 is 1.33 bits per heavy atom. The minimum Gasteiger partial charge on any atom is -0.357 e. The van der Waals surface area contributed by atoms with Gasteiger partial charge in [-0.3, -0.25) is 9.78 Å². The fourth-order valence-corrected chi connectivity index (χ4v) is 3.79. The van der Waals surface area contributed by atoms with Crippen molar-refractivity contribution in [2.24, 2.45) is 4.99 Å². The van der Waals surface area contributed by atoms with E-state index in [1.165, 1.54) is 10.4 Å². The number of aromatic nitrogens is 1. The Kier molecular flexibility index (Phi) is 8.99. The second-order valence-electron chi connectivity index (χ2n) is 6.13. The molecule has 0 radical (unpaired) electrons. The number of hydrogen-bond donors (Lipinski definition) is 2. The van der Waals surface area contributed by atoms with E-state index >= 15 is 0 Å². The zero-order chi connectivity index (χ0) is 18.2. The quantitative estimate of drug-likeness (QED) is 0.364. The predicted octanol–water partition coefficient (Wildman–Crippen LogP) is 2.44. The molecule has 6 nitrogen and oxygen atoms in total. The van der Waals surface area contributed by atoms with Gasteiger partial charge in [-0.25, -0.2) is 4.99 Å². The van der Waals surface area contributed by atoms with E-state index in [4.69, 9.17) is 0 Å². The summed E-state index contributed by atoms with van der Waals surface area (Å²) in [5.74, 6) is 0.744. The second kappa shape index (κ2) is 11.2. The molecule has 1 amide bonds. The number of pyridine rings is 1. The van der Waals surface area contributed by atoms with Gasteiger partial charge in [-0.2, -0.15) is 0 Å². The molecule has 2 aromatic rings. The van der Waals surface area contributed by atoms with E-state index in [0.717, 1.165) is 38.2 Å². The van der Waals surface area contributed by atoms with Crippen molar-refractivity contribution in [3.63, 3.8) is 0 Å². The number of carbonyl (C=O) groups is 1. The molecule has 0 saturated carbocycles. The number of fused-ring (bicyclic) bond motifs is 1. The lowest BCUT2D eigenvalue weighted by Crippen LogP contribution is -2.41. The third kappa shape index (κ3) is 6.46. The van der Waals surface area contributed by atoms with Crippen molar-refractivity contribution < 1.29 is 4.79 Å². The fraction of sp³-hybridized carbons (Fsp3) is 0.421. The van der Waals surface area contributed by atoms with Crippen molar-refractivity contribution in [3.8, 4) is 0 Å². The molecule has 2 aromatic heterocycles. The first-order chi connectivity index (χ1) is 12.8. The fourth-order valence-electron chi connectivity index (χ4n) is 2.90. The van der Waals surface area contributed by atoms with Crippen LogP contribution >= 0.6 is 35.3 Å². The molecule has 3 rings (SSSR count). The lowest BCUT2D eigenvalue weighted by Gasteiger charge is -2.26. The van der Waals surface area contributed by atoms with E-state index in [1.807, 2.05) is 30.0 Å². The second-order valence-corrected chi connectivity index (χ2v) is 7.13. The number of aliphatic imine (C=N–C) groups is 1. The summed E-state index contributed by atoms with van der Waals surface area (Å²) in [4.78, 5) is 24.6. The van der Waals surface area contributed by atoms with Crippen LogP contribution in [0.5, 0.6) is 0 Å². The van der Waals surface area contributed by atoms with Gasteiger partial charge in [-0.1, -0.05) is 6.07 Å². The lowest BCUT2D eigenvalue weighted by atomic mass is 10.1. The van der Waals surface area contributed by atoms with E-state index in [0.29, 0.717) is 12.5 Å². The van der Waals surface area contributed by atoms with Crippen LogP contribution in [0.25, 0.3) is 0 Å². The Bertz CT molecular complexity index is 750. The zero-order valence-electron chi connectivity index (χ0n) is 15.5. The standard InChI is InChI=1S/C19H25N5OS.HI/c1-2-20-19(22-10-6-16-5-3-4-9-21-16)23-13-18(25)24-11-7-17-15(14-24)8-12-26-17;/h3-5,8-9,12H,2,6-7,10-11,13-14H2,1H3,(H2,20,22,23);1H. The summed E-state index contributed by atoms with van der Waals surface area (Å²) in [7, 11) is 0. The predicted molar refractivity (Wildman–Crippen MR) is 121 cm³/mol. The third-order valence-corrected chi connectivity index (χ3v) is 5.30. The summed E-state index contributed by atoms with van der Waals surface area (Å²) in [6.07, 6.45) is 3.56. The number of rotatable bonds is 6. The summed E-state index contributed by atoms with van der Waals surface area (Å²) >= 11 is 1.78. The van der Waals surface area contributed by atoms with Crippen molar-refractivity contribution in [2.75, 3.05) is 26.2 Å². The van der Waals surface area contributed by atoms with Gasteiger partial charge in [0.25, 0.3) is 0 Å². The Balaban J connectivity index is 0.00000261. The van der Waals surface area contributed by atoms with E-state index in [-0.39, 0.29) is 36.4 Å². The van der Waals surface area contributed by atoms with E-state index < -0.39 is 0 Å². The Morgan fingerprint density at radius 2 is 2.22 bits per heavy atom. The van der Waals surface area contributed by atoms with Gasteiger partial charge in [-0.05, 0) is 42.5 Å². The van der Waals surface area contributed by atoms with Crippen molar-refractivity contribution in [2.45, 2.75) is 26.3 Å². The van der Waals surface area contributed by atoms with Gasteiger partial charge in [0.2, 0.25) is 5.91 Å². The zero-order valence-corrected chi connectivity index (χ0v) is 18.6. The van der Waals surface area contributed by atoms with Crippen molar-refractivity contribution in [1.82, 2.24) is 20.5 Å². The first kappa shape index (κ1) is 21.6. The molecule has 146 valence electrons. The topological polar surface area (TPSA) is 69.6 Å². The molecule has 0 aliphatic carbocycles. The van der Waals surface area contributed by atoms with Crippen LogP contribution in [0.4, 0.5) is 0 Å². The molecule has 3 heterocycles. The summed E-state index contributed by atoms with van der Waals surface area (Å²) in [6.45, 7) is 5.14. The third-order valence-electron chi connectivity index (χ3n) is 4.28. The molecule has 0 atom stereocenters. The van der Waals surface area contributed by atoms with Gasteiger partial charge in [0.1, 0.15) is 6.54 Å². The molecule has 27 heavy (non-hydrogen) atoms. The maximum Gasteiger partial charge on any atom is 0.244 e. The normalized spacial score (nSPS) is 13.5. The molecule has 0 aromatic carbocycles. The smallest absolute Gasteiger partial charge is 0.244 e. The average Bonchev–Trinajstić information content (AvgIpc) is 3.14. The van der Waals surface area contributed by atoms with E-state index in [9.17, 15) is 4.79 Å². The van der Waals surface area contributed by atoms with Crippen LogP contribution in [0.2, 0.25) is 0 Å². The molecule has 2 N–H and O–H groups in total. The molecule has 0 fully saturated rings. The van der Waals surface area contributed by atoms with Gasteiger partial charge in [0.05, 0.1) is 0 Å². The minimum absolute atomic E-state index is 0. The van der Waals surface area contributed by atoms with Crippen LogP contribution in [0.3, 0.4) is 0 Å². The molecule has 0 unspecified atom stereocenters. The number of guanidine groups is 1. The van der Waals surface area contributed by atoms with Crippen molar-refractivity contribution in [1.29, 1.82) is 0 Å². The summed E-state index contributed by atoms with van der Waals surface area (Å²) in [6, 6.07) is 8.02. The first-order valence-electron chi connectivity index (χ1n) is 9.01. The maximum atomic E-state index is 12.5. The number of hydrogen-bond acceptors (Lipinski definition) is 4. The van der Waals surface area contributed by atoms with Crippen LogP contribution in [0, 0.1) is 0 Å². The summed E-state index contributed by atoms with van der Waals surface area (Å²) in [5.41, 5.74) is 2.31. The molecule has 0 spiro atoms. The molecular formula is C19H26IN5OS. The van der Waals surface area contributed by atoms with Crippen LogP contribution in [0.1, 0.15) is 23.1 Å². The van der Waals surface area contributed by atoms with Gasteiger partial charge in [0.15, 0.2) is 5.96 Å². The van der Waals surface area contributed by atoms with Gasteiger partial charge in [0, 0.05) is 49.4 Å². The highest BCUT2D eigenvalue weighted by atomic mass is 127. The van der Waals surface area contributed by atoms with Crippen molar-refractivity contribution >= 4 is 47.2 Å². The largest absolute Gasteiger partial charge is 0.357 e. The van der Waals surface area contributed by atoms with E-state index in [2.05, 4.69) is 32.1 Å². The maximum absolute atomic E-state index is 12.5. The molecule has 1 aliphatic rings. The number of halogens is 1. The highest BCUT2D eigenvalue weighted by Gasteiger charge is 2.21. The van der Waals surface area contributed by atoms with Gasteiger partial charge in [-0.15, -0.1) is 35.3 Å². The van der Waals surface area contributed by atoms with Crippen LogP contribution in [-0.2, 0) is 24.2 Å². The highest BCUT2D eigenvalue weighted by molar-refractivity contribution is 14.0. The number of nitrogens with one attached hydrogen (secondary N) is 2. The van der Waals surface area contributed by atoms with Crippen LogP contribution in [-0.4, -0.2) is 47.9 Å². The number of thiophene rings is 1. The lowest BCUT2D eigenvalue weighted by molar-refractivity contribution is -0.130. The number of carbonyl (C=O) groups excluding carboxylic acids is 1. The molecule has 0 bridgehead atoms. The van der Waals surface area contributed by atoms with Crippen LogP contribution in [0.15, 0.2) is 40.8 Å². The van der Waals surface area contributed by atoms with Crippen LogP contribution < -0.4 is 10.6 Å². The molecule has 1 aliphatic heterocycles. The summed E-state index contributed by atoms with van der Waals surface area (Å²) in [5, 5.41) is 8.56. The number of amides is 1. The SMILES string of the molecule is CCNC(=NCC(=O)N1CCc2sccc2C1)NCCc1ccccn1.I. The summed E-state index contributed by atoms with van der Waals surface area (Å²) < 4.78 is 0. The molecular weight excluding hydrogens is 473 g/mol. The minimum atomic E-state index is 0. The van der Waals surface area contributed by atoms with Gasteiger partial charge >= 0.3 is 0 Å². The Hall–Kier alpha value is -1.68. The Morgan fingerprint density at radius 3 is 3.00 bits per heavy atom. The average molecular weight is 499 g/mol. The Labute approximate surface area is 181 Å². The van der Waals surface area contributed by atoms with E-state index in [1.54, 1.807) is 17.5 Å². The molecule has 0 saturated heterocycles. The molecule has 8 heteroatoms. The highest BCUT2D eigenvalue weighted by Crippen LogP contribution is 2.23.